The van der Waals surface area contributed by atoms with Crippen LogP contribution in [0.15, 0.2) is 53.0 Å². The highest BCUT2D eigenvalue weighted by Gasteiger charge is 2.01. The lowest BCUT2D eigenvalue weighted by molar-refractivity contribution is 0.0964. The molecule has 0 saturated heterocycles. The van der Waals surface area contributed by atoms with Gasteiger partial charge in [-0.1, -0.05) is 12.1 Å². The summed E-state index contributed by atoms with van der Waals surface area (Å²) in [5.41, 5.74) is 0.679. The van der Waals surface area contributed by atoms with E-state index in [1.54, 1.807) is 28.2 Å². The second-order valence-corrected chi connectivity index (χ2v) is 5.32. The van der Waals surface area contributed by atoms with E-state index in [9.17, 15) is 4.79 Å². The molecule has 0 aromatic carbocycles. The van der Waals surface area contributed by atoms with E-state index in [2.05, 4.69) is 4.99 Å². The summed E-state index contributed by atoms with van der Waals surface area (Å²) in [5, 5.41) is 1.99. The highest BCUT2D eigenvalue weighted by Crippen LogP contribution is 2.10. The first-order chi connectivity index (χ1) is 9.16. The maximum Gasteiger partial charge on any atom is 0.256 e. The fourth-order valence-corrected chi connectivity index (χ4v) is 2.23. The van der Waals surface area contributed by atoms with E-state index in [1.807, 2.05) is 55.6 Å². The fraction of sp³-hybridized carbons (Fsp3) is 0.200. The van der Waals surface area contributed by atoms with E-state index in [1.165, 1.54) is 0 Å². The number of allylic oxidation sites excluding steroid dienone is 1. The topological polar surface area (TPSA) is 34.4 Å². The van der Waals surface area contributed by atoms with E-state index >= 15 is 0 Å². The lowest BCUT2D eigenvalue weighted by Gasteiger charge is -2.03. The summed E-state index contributed by atoms with van der Waals surface area (Å²) in [6, 6.07) is 9.65. The minimum Gasteiger partial charge on any atom is -0.269 e. The molecule has 98 valence electrons. The van der Waals surface area contributed by atoms with Gasteiger partial charge in [0.1, 0.15) is 5.49 Å². The summed E-state index contributed by atoms with van der Waals surface area (Å²) in [5.74, 6) is -0.0894. The van der Waals surface area contributed by atoms with E-state index < -0.39 is 0 Å². The lowest BCUT2D eigenvalue weighted by atomic mass is 10.3. The van der Waals surface area contributed by atoms with Crippen LogP contribution in [0.3, 0.4) is 0 Å². The Morgan fingerprint density at radius 1 is 1.32 bits per heavy atom. The van der Waals surface area contributed by atoms with Gasteiger partial charge in [-0.15, -0.1) is 11.3 Å². The average molecular weight is 272 g/mol. The van der Waals surface area contributed by atoms with Crippen LogP contribution in [-0.2, 0) is 0 Å². The normalized spacial score (nSPS) is 12.5. The van der Waals surface area contributed by atoms with E-state index in [4.69, 9.17) is 0 Å². The van der Waals surface area contributed by atoms with Crippen molar-refractivity contribution in [2.45, 2.75) is 19.9 Å². The average Bonchev–Trinajstić information content (AvgIpc) is 2.89. The third kappa shape index (κ3) is 3.76. The second-order valence-electron chi connectivity index (χ2n) is 4.34. The van der Waals surface area contributed by atoms with E-state index in [-0.39, 0.29) is 11.9 Å². The summed E-state index contributed by atoms with van der Waals surface area (Å²) in [6.45, 7) is 3.98. The third-order valence-corrected chi connectivity index (χ3v) is 3.24. The molecular weight excluding hydrogens is 256 g/mol. The van der Waals surface area contributed by atoms with Crippen molar-refractivity contribution in [2.24, 2.45) is 4.99 Å². The van der Waals surface area contributed by atoms with Crippen LogP contribution in [0, 0.1) is 0 Å². The smallest absolute Gasteiger partial charge is 0.256 e. The zero-order chi connectivity index (χ0) is 13.7. The zero-order valence-corrected chi connectivity index (χ0v) is 11.8. The summed E-state index contributed by atoms with van der Waals surface area (Å²) in [7, 11) is 0. The Morgan fingerprint density at radius 2 is 2.16 bits per heavy atom. The van der Waals surface area contributed by atoms with Gasteiger partial charge in [0, 0.05) is 23.2 Å². The lowest BCUT2D eigenvalue weighted by Crippen LogP contribution is -2.26. The van der Waals surface area contributed by atoms with Crippen molar-refractivity contribution in [3.05, 3.63) is 58.3 Å². The van der Waals surface area contributed by atoms with Crippen molar-refractivity contribution >= 4 is 23.3 Å². The summed E-state index contributed by atoms with van der Waals surface area (Å²) < 4.78 is 1.56. The molecule has 0 aliphatic heterocycles. The van der Waals surface area contributed by atoms with Gasteiger partial charge in [-0.3, -0.25) is 14.4 Å². The standard InChI is InChI=1S/C15H16N2OS/c1-12(2)16-14-7-3-4-10-17(14)15(18)9-8-13-6-5-11-19-13/h3-12H,1-2H3. The number of hydrogen-bond acceptors (Lipinski definition) is 3. The van der Waals surface area contributed by atoms with Gasteiger partial charge < -0.3 is 0 Å². The molecule has 0 fully saturated rings. The van der Waals surface area contributed by atoms with Gasteiger partial charge >= 0.3 is 0 Å². The number of carbonyl (C=O) groups is 1. The number of aromatic nitrogens is 1. The van der Waals surface area contributed by atoms with Crippen LogP contribution in [0.25, 0.3) is 6.08 Å². The molecule has 2 aromatic rings. The molecule has 0 amide bonds. The number of thiophene rings is 1. The van der Waals surface area contributed by atoms with Crippen molar-refractivity contribution < 1.29 is 4.79 Å². The fourth-order valence-electron chi connectivity index (χ4n) is 1.61. The maximum atomic E-state index is 12.2. The Hall–Kier alpha value is -1.94. The van der Waals surface area contributed by atoms with Gasteiger partial charge in [-0.25, -0.2) is 0 Å². The highest BCUT2D eigenvalue weighted by atomic mass is 32.1. The molecule has 0 bridgehead atoms. The van der Waals surface area contributed by atoms with Crippen molar-refractivity contribution in [2.75, 3.05) is 0 Å². The van der Waals surface area contributed by atoms with Gasteiger partial charge in [0.2, 0.25) is 0 Å². The summed E-state index contributed by atoms with van der Waals surface area (Å²) in [4.78, 5) is 17.7. The first kappa shape index (κ1) is 13.5. The zero-order valence-electron chi connectivity index (χ0n) is 11.0. The molecular formula is C15H16N2OS. The van der Waals surface area contributed by atoms with Gasteiger partial charge in [0.05, 0.1) is 0 Å². The number of nitrogens with zero attached hydrogens (tertiary/aromatic N) is 2. The molecule has 19 heavy (non-hydrogen) atoms. The first-order valence-corrected chi connectivity index (χ1v) is 7.02. The summed E-state index contributed by atoms with van der Waals surface area (Å²) >= 11 is 1.60. The minimum atomic E-state index is -0.0894. The second kappa shape index (κ2) is 6.29. The molecule has 3 nitrogen and oxygen atoms in total. The minimum absolute atomic E-state index is 0.0894. The Bertz CT molecular complexity index is 636. The Kier molecular flexibility index (Phi) is 4.47. The number of carbonyl (C=O) groups excluding carboxylic acids is 1. The van der Waals surface area contributed by atoms with Crippen molar-refractivity contribution in [3.8, 4) is 0 Å². The first-order valence-electron chi connectivity index (χ1n) is 6.14. The quantitative estimate of drug-likeness (QED) is 0.790. The molecule has 2 aromatic heterocycles. The molecule has 0 unspecified atom stereocenters. The molecule has 2 rings (SSSR count). The largest absolute Gasteiger partial charge is 0.269 e. The maximum absolute atomic E-state index is 12.2. The van der Waals surface area contributed by atoms with E-state index in [0.717, 1.165) is 4.88 Å². The van der Waals surface area contributed by atoms with Crippen molar-refractivity contribution in [3.63, 3.8) is 0 Å². The molecule has 0 aliphatic rings. The van der Waals surface area contributed by atoms with Crippen LogP contribution in [0.2, 0.25) is 0 Å². The molecule has 2 heterocycles. The Morgan fingerprint density at radius 3 is 2.84 bits per heavy atom. The van der Waals surface area contributed by atoms with Crippen LogP contribution in [0.5, 0.6) is 0 Å². The molecule has 0 aliphatic carbocycles. The Balaban J connectivity index is 2.29. The van der Waals surface area contributed by atoms with Crippen molar-refractivity contribution in [1.82, 2.24) is 4.57 Å². The highest BCUT2D eigenvalue weighted by molar-refractivity contribution is 7.10. The monoisotopic (exact) mass is 272 g/mol. The predicted octanol–water partition coefficient (Wildman–Crippen LogP) is 3.21. The van der Waals surface area contributed by atoms with Gasteiger partial charge in [0.15, 0.2) is 0 Å². The van der Waals surface area contributed by atoms with Gasteiger partial charge in [0.25, 0.3) is 5.91 Å². The number of rotatable bonds is 3. The molecule has 0 spiro atoms. The molecule has 0 N–H and O–H groups in total. The number of pyridine rings is 1. The SMILES string of the molecule is CC(C)N=c1ccccn1C(=O)C=Cc1cccs1. The van der Waals surface area contributed by atoms with Gasteiger partial charge in [-0.05, 0) is 43.5 Å². The summed E-state index contributed by atoms with van der Waals surface area (Å²) in [6.07, 6.45) is 5.14. The van der Waals surface area contributed by atoms with Crippen LogP contribution in [0.1, 0.15) is 23.5 Å². The molecule has 0 saturated carbocycles. The molecule has 4 heteroatoms. The van der Waals surface area contributed by atoms with Crippen LogP contribution < -0.4 is 5.49 Å². The van der Waals surface area contributed by atoms with Crippen LogP contribution >= 0.6 is 11.3 Å². The van der Waals surface area contributed by atoms with Crippen LogP contribution in [0.4, 0.5) is 0 Å². The van der Waals surface area contributed by atoms with E-state index in [0.29, 0.717) is 5.49 Å². The number of hydrogen-bond donors (Lipinski definition) is 0. The Labute approximate surface area is 116 Å². The molecule has 0 radical (unpaired) electrons. The third-order valence-electron chi connectivity index (χ3n) is 2.40. The van der Waals surface area contributed by atoms with Crippen LogP contribution in [-0.4, -0.2) is 16.5 Å². The predicted molar refractivity (Wildman–Crippen MR) is 79.1 cm³/mol. The molecule has 0 atom stereocenters. The van der Waals surface area contributed by atoms with Crippen molar-refractivity contribution in [1.29, 1.82) is 0 Å². The van der Waals surface area contributed by atoms with Gasteiger partial charge in [-0.2, -0.15) is 0 Å².